The van der Waals surface area contributed by atoms with Gasteiger partial charge in [0.1, 0.15) is 11.5 Å². The van der Waals surface area contributed by atoms with E-state index in [2.05, 4.69) is 41.5 Å². The van der Waals surface area contributed by atoms with Crippen LogP contribution in [-0.2, 0) is 0 Å². The number of nitrogens with one attached hydrogen (secondary N) is 3. The summed E-state index contributed by atoms with van der Waals surface area (Å²) in [6.45, 7) is 0.467. The molecule has 0 spiro atoms. The lowest BCUT2D eigenvalue weighted by Gasteiger charge is -2.05. The molecule has 0 aliphatic rings. The van der Waals surface area contributed by atoms with Gasteiger partial charge in [0.15, 0.2) is 0 Å². The molecule has 0 aliphatic heterocycles. The molecule has 0 saturated carbocycles. The molecule has 4 rings (SSSR count). The number of aliphatic hydroxyl groups is 1. The smallest absolute Gasteiger partial charge is 0.145 e. The molecule has 4 heterocycles. The van der Waals surface area contributed by atoms with Gasteiger partial charge in [-0.3, -0.25) is 10.1 Å². The number of H-pyrrole nitrogens is 2. The van der Waals surface area contributed by atoms with Crippen LogP contribution in [0.4, 0.5) is 5.82 Å². The van der Waals surface area contributed by atoms with E-state index in [-0.39, 0.29) is 6.61 Å². The molecule has 120 valence electrons. The maximum atomic E-state index is 8.91. The minimum absolute atomic E-state index is 0.0387. The number of aromatic amines is 2. The van der Waals surface area contributed by atoms with Crippen molar-refractivity contribution in [2.24, 2.45) is 0 Å². The van der Waals surface area contributed by atoms with Crippen LogP contribution in [0.15, 0.2) is 43.2 Å². The molecule has 0 aliphatic carbocycles. The summed E-state index contributed by atoms with van der Waals surface area (Å²) < 4.78 is 0. The Morgan fingerprint density at radius 1 is 1.08 bits per heavy atom. The fraction of sp³-hybridized carbons (Fsp3) is 0.125. The molecule has 0 amide bonds. The van der Waals surface area contributed by atoms with Gasteiger partial charge in [0, 0.05) is 47.2 Å². The van der Waals surface area contributed by atoms with E-state index in [0.717, 1.165) is 33.4 Å². The molecule has 4 N–H and O–H groups in total. The van der Waals surface area contributed by atoms with E-state index >= 15 is 0 Å². The second kappa shape index (κ2) is 6.09. The van der Waals surface area contributed by atoms with Gasteiger partial charge in [-0.05, 0) is 6.07 Å². The summed E-state index contributed by atoms with van der Waals surface area (Å²) in [5.74, 6) is 0.620. The Morgan fingerprint density at radius 3 is 2.88 bits per heavy atom. The number of hydrogen-bond donors (Lipinski definition) is 4. The highest BCUT2D eigenvalue weighted by Gasteiger charge is 2.11. The number of nitrogens with zero attached hydrogens (tertiary/aromatic N) is 4. The topological polar surface area (TPSA) is 115 Å². The maximum Gasteiger partial charge on any atom is 0.145 e. The molecule has 8 heteroatoms. The Kier molecular flexibility index (Phi) is 3.64. The minimum Gasteiger partial charge on any atom is -0.395 e. The van der Waals surface area contributed by atoms with Crippen molar-refractivity contribution in [3.63, 3.8) is 0 Å². The van der Waals surface area contributed by atoms with Crippen LogP contribution in [0.2, 0.25) is 0 Å². The zero-order chi connectivity index (χ0) is 16.4. The van der Waals surface area contributed by atoms with Crippen molar-refractivity contribution in [3.05, 3.63) is 43.2 Å². The Hall–Kier alpha value is -3.26. The molecule has 0 fully saturated rings. The van der Waals surface area contributed by atoms with Crippen LogP contribution in [0.25, 0.3) is 33.4 Å². The maximum absolute atomic E-state index is 8.91. The molecule has 24 heavy (non-hydrogen) atoms. The Labute approximate surface area is 137 Å². The van der Waals surface area contributed by atoms with E-state index in [1.165, 1.54) is 0 Å². The van der Waals surface area contributed by atoms with Gasteiger partial charge in [-0.2, -0.15) is 5.10 Å². The Morgan fingerprint density at radius 2 is 2.04 bits per heavy atom. The zero-order valence-corrected chi connectivity index (χ0v) is 12.7. The molecular weight excluding hydrogens is 306 g/mol. The summed E-state index contributed by atoms with van der Waals surface area (Å²) in [6.07, 6.45) is 10.6. The van der Waals surface area contributed by atoms with E-state index < -0.39 is 0 Å². The minimum atomic E-state index is 0.0387. The lowest BCUT2D eigenvalue weighted by molar-refractivity contribution is 0.311. The molecule has 8 nitrogen and oxygen atoms in total. The Bertz CT molecular complexity index is 962. The average molecular weight is 321 g/mol. The first-order valence-corrected chi connectivity index (χ1v) is 7.48. The standard InChI is InChI=1S/C16H15N7O/c24-2-1-18-15-9-17-8-14(23-15)13-7-20-16-12(13)3-10(4-19-16)11-5-21-22-6-11/h3-9,24H,1-2H2,(H,18,23)(H,19,20)(H,21,22). The lowest BCUT2D eigenvalue weighted by Crippen LogP contribution is -2.07. The zero-order valence-electron chi connectivity index (χ0n) is 12.7. The van der Waals surface area contributed by atoms with Gasteiger partial charge in [0.2, 0.25) is 0 Å². The molecule has 0 aromatic carbocycles. The molecule has 0 atom stereocenters. The van der Waals surface area contributed by atoms with Crippen molar-refractivity contribution < 1.29 is 5.11 Å². The molecule has 0 saturated heterocycles. The first-order valence-electron chi connectivity index (χ1n) is 7.48. The van der Waals surface area contributed by atoms with Crippen molar-refractivity contribution in [2.75, 3.05) is 18.5 Å². The number of hydrogen-bond acceptors (Lipinski definition) is 6. The number of aliphatic hydroxyl groups excluding tert-OH is 1. The third-order valence-electron chi connectivity index (χ3n) is 3.69. The van der Waals surface area contributed by atoms with Crippen LogP contribution >= 0.6 is 0 Å². The number of anilines is 1. The molecule has 0 bridgehead atoms. The summed E-state index contributed by atoms with van der Waals surface area (Å²) in [4.78, 5) is 16.4. The van der Waals surface area contributed by atoms with Gasteiger partial charge >= 0.3 is 0 Å². The summed E-state index contributed by atoms with van der Waals surface area (Å²) >= 11 is 0. The number of rotatable bonds is 5. The highest BCUT2D eigenvalue weighted by molar-refractivity contribution is 5.94. The van der Waals surface area contributed by atoms with Crippen molar-refractivity contribution in [2.45, 2.75) is 0 Å². The van der Waals surface area contributed by atoms with Gasteiger partial charge < -0.3 is 15.4 Å². The van der Waals surface area contributed by atoms with Crippen LogP contribution in [0, 0.1) is 0 Å². The Balaban J connectivity index is 1.78. The van der Waals surface area contributed by atoms with Crippen LogP contribution in [0.3, 0.4) is 0 Å². The van der Waals surface area contributed by atoms with Crippen molar-refractivity contribution >= 4 is 16.9 Å². The fourth-order valence-electron chi connectivity index (χ4n) is 2.55. The van der Waals surface area contributed by atoms with Crippen LogP contribution < -0.4 is 5.32 Å². The van der Waals surface area contributed by atoms with E-state index in [0.29, 0.717) is 12.4 Å². The van der Waals surface area contributed by atoms with Crippen LogP contribution in [0.1, 0.15) is 0 Å². The number of aromatic nitrogens is 6. The van der Waals surface area contributed by atoms with Gasteiger partial charge in [-0.15, -0.1) is 0 Å². The number of pyridine rings is 1. The fourth-order valence-corrected chi connectivity index (χ4v) is 2.55. The van der Waals surface area contributed by atoms with Gasteiger partial charge in [0.05, 0.1) is 30.9 Å². The predicted molar refractivity (Wildman–Crippen MR) is 90.3 cm³/mol. The van der Waals surface area contributed by atoms with Gasteiger partial charge in [-0.1, -0.05) is 0 Å². The summed E-state index contributed by atoms with van der Waals surface area (Å²) in [7, 11) is 0. The van der Waals surface area contributed by atoms with Crippen molar-refractivity contribution in [1.82, 2.24) is 30.1 Å². The summed E-state index contributed by atoms with van der Waals surface area (Å²) in [6, 6.07) is 2.05. The molecule has 4 aromatic rings. The lowest BCUT2D eigenvalue weighted by atomic mass is 10.1. The van der Waals surface area contributed by atoms with Crippen LogP contribution in [-0.4, -0.2) is 48.4 Å². The summed E-state index contributed by atoms with van der Waals surface area (Å²) in [5, 5.41) is 19.7. The monoisotopic (exact) mass is 321 g/mol. The van der Waals surface area contributed by atoms with E-state index in [1.54, 1.807) is 24.8 Å². The average Bonchev–Trinajstić information content (AvgIpc) is 3.29. The highest BCUT2D eigenvalue weighted by atomic mass is 16.3. The first-order chi connectivity index (χ1) is 11.8. The SMILES string of the molecule is OCCNc1cncc(-c2c[nH]c3ncc(-c4cn[nH]c4)cc23)n1. The van der Waals surface area contributed by atoms with E-state index in [4.69, 9.17) is 5.11 Å². The molecule has 0 radical (unpaired) electrons. The highest BCUT2D eigenvalue weighted by Crippen LogP contribution is 2.29. The molecule has 4 aromatic heterocycles. The quantitative estimate of drug-likeness (QED) is 0.445. The van der Waals surface area contributed by atoms with Crippen molar-refractivity contribution in [1.29, 1.82) is 0 Å². The molecular formula is C16H15N7O. The van der Waals surface area contributed by atoms with Crippen LogP contribution in [0.5, 0.6) is 0 Å². The largest absolute Gasteiger partial charge is 0.395 e. The predicted octanol–water partition coefficient (Wildman–Crippen LogP) is 1.81. The van der Waals surface area contributed by atoms with Gasteiger partial charge in [0.25, 0.3) is 0 Å². The normalized spacial score (nSPS) is 11.0. The third-order valence-corrected chi connectivity index (χ3v) is 3.69. The van der Waals surface area contributed by atoms with E-state index in [1.807, 2.05) is 12.4 Å². The summed E-state index contributed by atoms with van der Waals surface area (Å²) in [5.41, 5.74) is 4.38. The first kappa shape index (κ1) is 14.3. The van der Waals surface area contributed by atoms with Gasteiger partial charge in [-0.25, -0.2) is 9.97 Å². The second-order valence-electron chi connectivity index (χ2n) is 5.25. The number of fused-ring (bicyclic) bond motifs is 1. The molecule has 0 unspecified atom stereocenters. The second-order valence-corrected chi connectivity index (χ2v) is 5.25. The van der Waals surface area contributed by atoms with Crippen molar-refractivity contribution in [3.8, 4) is 22.4 Å². The third kappa shape index (κ3) is 2.59. The van der Waals surface area contributed by atoms with E-state index in [9.17, 15) is 0 Å².